The lowest BCUT2D eigenvalue weighted by molar-refractivity contribution is -0.121. The van der Waals surface area contributed by atoms with Gasteiger partial charge in [-0.2, -0.15) is 0 Å². The van der Waals surface area contributed by atoms with Crippen molar-refractivity contribution >= 4 is 0 Å². The molecular weight excluding hydrogens is 250 g/mol. The first kappa shape index (κ1) is 17.9. The molecule has 0 aromatic heterocycles. The summed E-state index contributed by atoms with van der Waals surface area (Å²) >= 11 is 0. The first-order valence-corrected chi connectivity index (χ1v) is 8.72. The Morgan fingerprint density at radius 2 is 1.60 bits per heavy atom. The van der Waals surface area contributed by atoms with Crippen LogP contribution < -0.4 is 5.73 Å². The highest BCUT2D eigenvalue weighted by Crippen LogP contribution is 2.30. The fraction of sp³-hybridized carbons (Fsp3) is 1.00. The maximum absolute atomic E-state index is 6.45. The molecule has 1 fully saturated rings. The van der Waals surface area contributed by atoms with Crippen LogP contribution in [0.4, 0.5) is 0 Å². The zero-order chi connectivity index (χ0) is 14.7. The van der Waals surface area contributed by atoms with E-state index in [1.807, 2.05) is 0 Å². The normalized spacial score (nSPS) is 19.9. The van der Waals surface area contributed by atoms with Gasteiger partial charge in [0.15, 0.2) is 0 Å². The average molecular weight is 285 g/mol. The smallest absolute Gasteiger partial charge is 0.0876 e. The number of unbranched alkanes of at least 4 members (excludes halogenated alkanes) is 6. The Morgan fingerprint density at radius 3 is 2.20 bits per heavy atom. The predicted molar refractivity (Wildman–Crippen MR) is 85.0 cm³/mol. The highest BCUT2D eigenvalue weighted by Gasteiger charge is 2.38. The molecule has 20 heavy (non-hydrogen) atoms. The lowest BCUT2D eigenvalue weighted by atomic mass is 9.83. The molecule has 2 N–H and O–H groups in total. The number of rotatable bonds is 11. The number of hydrogen-bond acceptors (Lipinski definition) is 3. The summed E-state index contributed by atoms with van der Waals surface area (Å²) in [6.07, 6.45) is 12.4. The van der Waals surface area contributed by atoms with Gasteiger partial charge < -0.3 is 15.2 Å². The molecule has 1 unspecified atom stereocenters. The van der Waals surface area contributed by atoms with Gasteiger partial charge >= 0.3 is 0 Å². The van der Waals surface area contributed by atoms with Crippen LogP contribution in [-0.4, -0.2) is 31.5 Å². The topological polar surface area (TPSA) is 44.5 Å². The monoisotopic (exact) mass is 285 g/mol. The van der Waals surface area contributed by atoms with E-state index in [0.717, 1.165) is 39.1 Å². The molecule has 3 nitrogen and oxygen atoms in total. The quantitative estimate of drug-likeness (QED) is 0.583. The van der Waals surface area contributed by atoms with Crippen molar-refractivity contribution < 1.29 is 9.47 Å². The lowest BCUT2D eigenvalue weighted by Gasteiger charge is -2.41. The van der Waals surface area contributed by atoms with E-state index >= 15 is 0 Å². The molecule has 0 amide bonds. The third-order valence-corrected chi connectivity index (χ3v) is 4.57. The molecule has 120 valence electrons. The molecule has 0 spiro atoms. The molecule has 1 aliphatic heterocycles. The van der Waals surface area contributed by atoms with Gasteiger partial charge in [-0.15, -0.1) is 0 Å². The Kier molecular flexibility index (Phi) is 9.49. The van der Waals surface area contributed by atoms with Gasteiger partial charge in [-0.25, -0.2) is 0 Å². The van der Waals surface area contributed by atoms with Crippen LogP contribution in [0.2, 0.25) is 0 Å². The van der Waals surface area contributed by atoms with E-state index in [-0.39, 0.29) is 11.6 Å². The van der Waals surface area contributed by atoms with Crippen LogP contribution in [0.25, 0.3) is 0 Å². The van der Waals surface area contributed by atoms with Crippen molar-refractivity contribution in [1.29, 1.82) is 0 Å². The van der Waals surface area contributed by atoms with E-state index in [4.69, 9.17) is 15.2 Å². The molecule has 1 saturated heterocycles. The number of nitrogens with two attached hydrogens (primary N) is 1. The second-order valence-electron chi connectivity index (χ2n) is 6.13. The van der Waals surface area contributed by atoms with Crippen LogP contribution in [0.5, 0.6) is 0 Å². The fourth-order valence-electron chi connectivity index (χ4n) is 3.21. The molecule has 0 bridgehead atoms. The van der Waals surface area contributed by atoms with Crippen molar-refractivity contribution in [2.24, 2.45) is 5.73 Å². The summed E-state index contributed by atoms with van der Waals surface area (Å²) in [5, 5.41) is 0. The minimum atomic E-state index is -0.116. The zero-order valence-electron chi connectivity index (χ0n) is 13.7. The highest BCUT2D eigenvalue weighted by atomic mass is 16.5. The summed E-state index contributed by atoms with van der Waals surface area (Å²) < 4.78 is 11.5. The molecule has 0 aromatic carbocycles. The van der Waals surface area contributed by atoms with E-state index in [1.54, 1.807) is 0 Å². The third kappa shape index (κ3) is 6.11. The molecule has 1 rings (SSSR count). The van der Waals surface area contributed by atoms with Crippen LogP contribution in [0.3, 0.4) is 0 Å². The van der Waals surface area contributed by atoms with E-state index in [9.17, 15) is 0 Å². The third-order valence-electron chi connectivity index (χ3n) is 4.57. The van der Waals surface area contributed by atoms with E-state index < -0.39 is 0 Å². The summed E-state index contributed by atoms with van der Waals surface area (Å²) in [6.45, 7) is 6.68. The van der Waals surface area contributed by atoms with Crippen molar-refractivity contribution in [3.8, 4) is 0 Å². The van der Waals surface area contributed by atoms with Crippen molar-refractivity contribution in [1.82, 2.24) is 0 Å². The summed E-state index contributed by atoms with van der Waals surface area (Å²) in [6, 6.07) is 0.169. The Bertz CT molecular complexity index is 222. The number of hydrogen-bond donors (Lipinski definition) is 1. The second-order valence-corrected chi connectivity index (χ2v) is 6.13. The van der Waals surface area contributed by atoms with Crippen LogP contribution in [-0.2, 0) is 9.47 Å². The predicted octanol–water partition coefficient (Wildman–Crippen LogP) is 4.04. The van der Waals surface area contributed by atoms with Crippen molar-refractivity contribution in [3.05, 3.63) is 0 Å². The van der Waals surface area contributed by atoms with Crippen LogP contribution in [0.1, 0.15) is 78.1 Å². The van der Waals surface area contributed by atoms with Gasteiger partial charge in [0.05, 0.1) is 5.60 Å². The Balaban J connectivity index is 2.19. The summed E-state index contributed by atoms with van der Waals surface area (Å²) in [7, 11) is 0. The lowest BCUT2D eigenvalue weighted by Crippen LogP contribution is -2.53. The fourth-order valence-corrected chi connectivity index (χ4v) is 3.21. The standard InChI is InChI=1S/C17H35NO2/c1-3-5-6-7-8-9-10-11-16(18)17(20-4-2)12-14-19-15-13-17/h16H,3-15,18H2,1-2H3. The second kappa shape index (κ2) is 10.6. The van der Waals surface area contributed by atoms with Gasteiger partial charge in [0.25, 0.3) is 0 Å². The first-order chi connectivity index (χ1) is 9.75. The Morgan fingerprint density at radius 1 is 1.00 bits per heavy atom. The molecule has 0 aromatic rings. The summed E-state index contributed by atoms with van der Waals surface area (Å²) in [5.41, 5.74) is 6.34. The van der Waals surface area contributed by atoms with Crippen molar-refractivity contribution in [2.45, 2.75) is 89.7 Å². The SMILES string of the molecule is CCCCCCCCCC(N)C1(OCC)CCOCC1. The van der Waals surface area contributed by atoms with Crippen LogP contribution in [0, 0.1) is 0 Å². The van der Waals surface area contributed by atoms with Gasteiger partial charge in [0.2, 0.25) is 0 Å². The Hall–Kier alpha value is -0.120. The van der Waals surface area contributed by atoms with Crippen LogP contribution >= 0.6 is 0 Å². The molecule has 1 aliphatic rings. The van der Waals surface area contributed by atoms with Gasteiger partial charge in [-0.05, 0) is 13.3 Å². The number of ether oxygens (including phenoxy) is 2. The molecular formula is C17H35NO2. The molecule has 3 heteroatoms. The maximum Gasteiger partial charge on any atom is 0.0876 e. The molecule has 1 heterocycles. The maximum atomic E-state index is 6.45. The van der Waals surface area contributed by atoms with Crippen molar-refractivity contribution in [3.63, 3.8) is 0 Å². The first-order valence-electron chi connectivity index (χ1n) is 8.72. The average Bonchev–Trinajstić information content (AvgIpc) is 2.47. The molecule has 0 saturated carbocycles. The minimum absolute atomic E-state index is 0.116. The van der Waals surface area contributed by atoms with E-state index in [1.165, 1.54) is 44.9 Å². The molecule has 1 atom stereocenters. The van der Waals surface area contributed by atoms with Crippen molar-refractivity contribution in [2.75, 3.05) is 19.8 Å². The largest absolute Gasteiger partial charge is 0.381 e. The van der Waals surface area contributed by atoms with Crippen LogP contribution in [0.15, 0.2) is 0 Å². The molecule has 0 aliphatic carbocycles. The van der Waals surface area contributed by atoms with Gasteiger partial charge in [0, 0.05) is 38.7 Å². The zero-order valence-corrected chi connectivity index (χ0v) is 13.7. The van der Waals surface area contributed by atoms with E-state index in [2.05, 4.69) is 13.8 Å². The van der Waals surface area contributed by atoms with Gasteiger partial charge in [-0.3, -0.25) is 0 Å². The van der Waals surface area contributed by atoms with E-state index in [0.29, 0.717) is 0 Å². The summed E-state index contributed by atoms with van der Waals surface area (Å²) in [4.78, 5) is 0. The summed E-state index contributed by atoms with van der Waals surface area (Å²) in [5.74, 6) is 0. The van der Waals surface area contributed by atoms with Gasteiger partial charge in [-0.1, -0.05) is 51.9 Å². The minimum Gasteiger partial charge on any atom is -0.381 e. The Labute approximate surface area is 125 Å². The highest BCUT2D eigenvalue weighted by molar-refractivity contribution is 4.93. The molecule has 0 radical (unpaired) electrons. The van der Waals surface area contributed by atoms with Gasteiger partial charge in [0.1, 0.15) is 0 Å².